The van der Waals surface area contributed by atoms with Crippen LogP contribution in [0.4, 0.5) is 0 Å². The molecule has 3 rings (SSSR count). The summed E-state index contributed by atoms with van der Waals surface area (Å²) in [5.41, 5.74) is 0.204. The Morgan fingerprint density at radius 1 is 1.20 bits per heavy atom. The Morgan fingerprint density at radius 2 is 1.83 bits per heavy atom. The number of rotatable bonds is 9. The molecule has 1 aliphatic carbocycles. The number of ketones is 1. The molecule has 2 N–H and O–H groups in total. The molecule has 8 nitrogen and oxygen atoms in total. The molecule has 0 bridgehead atoms. The molecule has 162 valence electrons. The summed E-state index contributed by atoms with van der Waals surface area (Å²) in [5, 5.41) is 2.29. The zero-order chi connectivity index (χ0) is 22.1. The number of hydrogen-bond donors (Lipinski definition) is 2. The van der Waals surface area contributed by atoms with Gasteiger partial charge in [-0.05, 0) is 38.2 Å². The number of ether oxygens (including phenoxy) is 1. The molecular weight excluding hydrogens is 409 g/mol. The third-order valence-corrected chi connectivity index (χ3v) is 7.75. The average Bonchev–Trinajstić information content (AvgIpc) is 3.46. The van der Waals surface area contributed by atoms with Gasteiger partial charge in [0.1, 0.15) is 5.56 Å². The molecule has 0 atom stereocenters. The van der Waals surface area contributed by atoms with Gasteiger partial charge in [-0.3, -0.25) is 9.36 Å². The van der Waals surface area contributed by atoms with Gasteiger partial charge in [0.2, 0.25) is 5.69 Å². The maximum absolute atomic E-state index is 13.7. The fourth-order valence-corrected chi connectivity index (χ4v) is 5.24. The van der Waals surface area contributed by atoms with E-state index >= 15 is 0 Å². The van der Waals surface area contributed by atoms with Crippen LogP contribution in [0.2, 0.25) is 0 Å². The van der Waals surface area contributed by atoms with Crippen molar-refractivity contribution in [2.24, 2.45) is 0 Å². The highest BCUT2D eigenvalue weighted by atomic mass is 31.2. The summed E-state index contributed by atoms with van der Waals surface area (Å²) < 4.78 is 22.9. The van der Waals surface area contributed by atoms with E-state index in [4.69, 9.17) is 9.26 Å². The van der Waals surface area contributed by atoms with Crippen LogP contribution >= 0.6 is 7.60 Å². The Hall–Kier alpha value is -2.28. The Bertz CT molecular complexity index is 999. The molecule has 0 radical (unpaired) electrons. The van der Waals surface area contributed by atoms with Gasteiger partial charge in [-0.15, -0.1) is 0 Å². The molecule has 1 saturated carbocycles. The Morgan fingerprint density at radius 3 is 2.37 bits per heavy atom. The largest absolute Gasteiger partial charge is 0.461 e. The van der Waals surface area contributed by atoms with Crippen LogP contribution in [-0.2, 0) is 14.5 Å². The number of esters is 1. The highest BCUT2D eigenvalue weighted by Gasteiger charge is 2.48. The minimum atomic E-state index is -4.62. The van der Waals surface area contributed by atoms with Crippen LogP contribution in [0.15, 0.2) is 28.8 Å². The van der Waals surface area contributed by atoms with Crippen molar-refractivity contribution in [2.45, 2.75) is 57.5 Å². The quantitative estimate of drug-likeness (QED) is 0.342. The normalized spacial score (nSPS) is 14.6. The molecular formula is C21H26NO7P. The molecule has 1 aromatic carbocycles. The molecule has 9 heteroatoms. The molecule has 0 spiro atoms. The molecule has 2 aromatic rings. The lowest BCUT2D eigenvalue weighted by Gasteiger charge is -2.34. The monoisotopic (exact) mass is 435 g/mol. The summed E-state index contributed by atoms with van der Waals surface area (Å²) in [6, 6.07) is 6.35. The Labute approximate surface area is 174 Å². The number of aromatic nitrogens is 1. The number of benzene rings is 1. The van der Waals surface area contributed by atoms with Gasteiger partial charge in [-0.25, -0.2) is 4.79 Å². The molecule has 1 fully saturated rings. The maximum Gasteiger partial charge on any atom is 0.361 e. The summed E-state index contributed by atoms with van der Waals surface area (Å²) in [6.07, 6.45) is 1.91. The summed E-state index contributed by atoms with van der Waals surface area (Å²) in [4.78, 5) is 46.4. The lowest BCUT2D eigenvalue weighted by molar-refractivity contribution is 0.0512. The first-order valence-corrected chi connectivity index (χ1v) is 11.7. The van der Waals surface area contributed by atoms with Crippen molar-refractivity contribution in [1.82, 2.24) is 5.16 Å². The predicted molar refractivity (Wildman–Crippen MR) is 109 cm³/mol. The van der Waals surface area contributed by atoms with Crippen molar-refractivity contribution in [2.75, 3.05) is 6.61 Å². The number of carbonyl (C=O) groups is 2. The second-order valence-electron chi connectivity index (χ2n) is 7.42. The minimum Gasteiger partial charge on any atom is -0.461 e. The van der Waals surface area contributed by atoms with Crippen LogP contribution in [0.5, 0.6) is 0 Å². The number of nitrogens with zero attached hydrogens (tertiary/aromatic N) is 1. The van der Waals surface area contributed by atoms with E-state index < -0.39 is 24.5 Å². The first-order valence-electron chi connectivity index (χ1n) is 10.1. The predicted octanol–water partition coefficient (Wildman–Crippen LogP) is 4.15. The smallest absolute Gasteiger partial charge is 0.361 e. The second kappa shape index (κ2) is 8.46. The topological polar surface area (TPSA) is 127 Å². The highest BCUT2D eigenvalue weighted by molar-refractivity contribution is 7.53. The van der Waals surface area contributed by atoms with E-state index in [1.807, 2.05) is 0 Å². The third-order valence-electron chi connectivity index (χ3n) is 5.76. The van der Waals surface area contributed by atoms with E-state index in [0.29, 0.717) is 5.76 Å². The van der Waals surface area contributed by atoms with Crippen molar-refractivity contribution in [3.8, 4) is 0 Å². The van der Waals surface area contributed by atoms with Gasteiger partial charge < -0.3 is 19.0 Å². The number of hydrogen-bond acceptors (Lipinski definition) is 6. The molecule has 1 heterocycles. The zero-order valence-electron chi connectivity index (χ0n) is 17.3. The molecule has 0 aliphatic heterocycles. The third kappa shape index (κ3) is 3.75. The summed E-state index contributed by atoms with van der Waals surface area (Å²) >= 11 is 0. The van der Waals surface area contributed by atoms with Crippen LogP contribution in [0.1, 0.15) is 90.1 Å². The summed E-state index contributed by atoms with van der Waals surface area (Å²) in [5.74, 6) is -0.985. The molecule has 0 saturated heterocycles. The van der Waals surface area contributed by atoms with Crippen molar-refractivity contribution in [3.63, 3.8) is 0 Å². The van der Waals surface area contributed by atoms with E-state index in [2.05, 4.69) is 5.16 Å². The molecule has 0 amide bonds. The fourth-order valence-electron chi connectivity index (χ4n) is 3.91. The van der Waals surface area contributed by atoms with Crippen LogP contribution in [0.3, 0.4) is 0 Å². The van der Waals surface area contributed by atoms with E-state index in [9.17, 15) is 23.9 Å². The SMILES string of the molecule is CCOC(=O)c1noc(C2CC2)c1C(=O)c1ccccc1C(CC)(CC)P(=O)(O)O. The van der Waals surface area contributed by atoms with Crippen LogP contribution < -0.4 is 0 Å². The first kappa shape index (κ1) is 22.4. The summed E-state index contributed by atoms with van der Waals surface area (Å²) in [7, 11) is -4.62. The molecule has 1 aromatic heterocycles. The molecule has 30 heavy (non-hydrogen) atoms. The van der Waals surface area contributed by atoms with Crippen LogP contribution in [0.25, 0.3) is 0 Å². The van der Waals surface area contributed by atoms with Gasteiger partial charge in [0, 0.05) is 11.5 Å². The lowest BCUT2D eigenvalue weighted by atomic mass is 9.85. The second-order valence-corrected chi connectivity index (χ2v) is 9.37. The van der Waals surface area contributed by atoms with E-state index in [0.717, 1.165) is 12.8 Å². The Balaban J connectivity index is 2.20. The molecule has 0 unspecified atom stereocenters. The van der Waals surface area contributed by atoms with Gasteiger partial charge in [0.05, 0.1) is 11.8 Å². The van der Waals surface area contributed by atoms with Gasteiger partial charge in [-0.1, -0.05) is 43.3 Å². The van der Waals surface area contributed by atoms with Gasteiger partial charge in [0.15, 0.2) is 11.5 Å². The first-order chi connectivity index (χ1) is 14.2. The standard InChI is InChI=1S/C21H26NO7P/c1-4-21(5-2,30(25,26)27)15-10-8-7-9-14(15)18(23)16-17(20(24)28-6-3)22-29-19(16)13-11-12-13/h7-10,13H,4-6,11-12H2,1-3H3,(H2,25,26,27). The van der Waals surface area contributed by atoms with Crippen LogP contribution in [-0.4, -0.2) is 33.3 Å². The van der Waals surface area contributed by atoms with Crippen molar-refractivity contribution in [1.29, 1.82) is 0 Å². The highest BCUT2D eigenvalue weighted by Crippen LogP contribution is 2.61. The minimum absolute atomic E-state index is 0.00400. The van der Waals surface area contributed by atoms with E-state index in [1.54, 1.807) is 39.0 Å². The van der Waals surface area contributed by atoms with Crippen molar-refractivity contribution in [3.05, 3.63) is 52.4 Å². The zero-order valence-corrected chi connectivity index (χ0v) is 18.1. The molecule has 1 aliphatic rings. The average molecular weight is 435 g/mol. The van der Waals surface area contributed by atoms with Gasteiger partial charge in [0.25, 0.3) is 0 Å². The van der Waals surface area contributed by atoms with Crippen molar-refractivity contribution < 1.29 is 33.2 Å². The van der Waals surface area contributed by atoms with Crippen molar-refractivity contribution >= 4 is 19.3 Å². The van der Waals surface area contributed by atoms with Crippen LogP contribution in [0, 0.1) is 0 Å². The number of carbonyl (C=O) groups excluding carboxylic acids is 2. The van der Waals surface area contributed by atoms with E-state index in [1.165, 1.54) is 6.07 Å². The van der Waals surface area contributed by atoms with Gasteiger partial charge >= 0.3 is 13.6 Å². The fraction of sp³-hybridized carbons (Fsp3) is 0.476. The van der Waals surface area contributed by atoms with E-state index in [-0.39, 0.29) is 47.8 Å². The van der Waals surface area contributed by atoms with Gasteiger partial charge in [-0.2, -0.15) is 0 Å². The lowest BCUT2D eigenvalue weighted by Crippen LogP contribution is -2.27. The maximum atomic E-state index is 13.7. The Kier molecular flexibility index (Phi) is 6.32. The summed E-state index contributed by atoms with van der Waals surface area (Å²) in [6.45, 7) is 5.13.